The van der Waals surface area contributed by atoms with Gasteiger partial charge in [-0.25, -0.2) is 4.39 Å². The third kappa shape index (κ3) is 5.85. The lowest BCUT2D eigenvalue weighted by atomic mass is 10.1. The Morgan fingerprint density at radius 2 is 1.79 bits per heavy atom. The van der Waals surface area contributed by atoms with Gasteiger partial charge in [0.15, 0.2) is 11.5 Å². The molecule has 0 atom stereocenters. The fourth-order valence-electron chi connectivity index (χ4n) is 3.59. The van der Waals surface area contributed by atoms with Crippen molar-refractivity contribution in [3.63, 3.8) is 0 Å². The predicted molar refractivity (Wildman–Crippen MR) is 138 cm³/mol. The van der Waals surface area contributed by atoms with E-state index in [-0.39, 0.29) is 18.3 Å². The standard InChI is InChI=1S/C27H24FNO3S2/c1-31-24-16-20(13-14-23(24)32-18-21-11-5-6-12-22(21)28)17-25-26(30)29(27(33)34-25)15-7-10-19-8-3-2-4-9-19/h2-6,8-9,11-14,16-17H,7,10,15,18H2,1H3/b25-17-. The molecule has 1 heterocycles. The lowest BCUT2D eigenvalue weighted by Gasteiger charge is -2.14. The average molecular weight is 494 g/mol. The van der Waals surface area contributed by atoms with Gasteiger partial charge in [0, 0.05) is 12.1 Å². The van der Waals surface area contributed by atoms with E-state index in [1.165, 1.54) is 23.4 Å². The van der Waals surface area contributed by atoms with Gasteiger partial charge >= 0.3 is 0 Å². The van der Waals surface area contributed by atoms with E-state index in [1.54, 1.807) is 48.4 Å². The number of rotatable bonds is 9. The Labute approximate surface area is 208 Å². The molecule has 1 amide bonds. The Hall–Kier alpha value is -3.16. The zero-order chi connectivity index (χ0) is 23.9. The minimum atomic E-state index is -0.316. The Balaban J connectivity index is 1.41. The second-order valence-electron chi connectivity index (χ2n) is 7.71. The van der Waals surface area contributed by atoms with Gasteiger partial charge in [0.1, 0.15) is 16.7 Å². The minimum Gasteiger partial charge on any atom is -0.493 e. The van der Waals surface area contributed by atoms with Gasteiger partial charge < -0.3 is 9.47 Å². The van der Waals surface area contributed by atoms with E-state index >= 15 is 0 Å². The third-order valence-corrected chi connectivity index (χ3v) is 6.77. The van der Waals surface area contributed by atoms with Crippen LogP contribution in [-0.2, 0) is 17.8 Å². The topological polar surface area (TPSA) is 38.8 Å². The number of amides is 1. The molecule has 0 aliphatic carbocycles. The molecule has 1 aliphatic rings. The van der Waals surface area contributed by atoms with Gasteiger partial charge in [0.25, 0.3) is 5.91 Å². The molecule has 3 aromatic carbocycles. The lowest BCUT2D eigenvalue weighted by molar-refractivity contribution is -0.122. The van der Waals surface area contributed by atoms with Crippen molar-refractivity contribution in [2.75, 3.05) is 13.7 Å². The smallest absolute Gasteiger partial charge is 0.266 e. The predicted octanol–water partition coefficient (Wildman–Crippen LogP) is 6.25. The summed E-state index contributed by atoms with van der Waals surface area (Å²) in [6.45, 7) is 0.674. The fourth-order valence-corrected chi connectivity index (χ4v) is 4.90. The highest BCUT2D eigenvalue weighted by Gasteiger charge is 2.31. The van der Waals surface area contributed by atoms with Crippen LogP contribution in [0.1, 0.15) is 23.1 Å². The number of carbonyl (C=O) groups excluding carboxylic acids is 1. The van der Waals surface area contributed by atoms with E-state index in [0.717, 1.165) is 18.4 Å². The summed E-state index contributed by atoms with van der Waals surface area (Å²) in [7, 11) is 1.54. The number of carbonyl (C=O) groups is 1. The highest BCUT2D eigenvalue weighted by atomic mass is 32.2. The van der Waals surface area contributed by atoms with E-state index in [1.807, 2.05) is 24.3 Å². The first-order valence-electron chi connectivity index (χ1n) is 10.9. The maximum Gasteiger partial charge on any atom is 0.266 e. The van der Waals surface area contributed by atoms with Crippen LogP contribution in [0, 0.1) is 5.82 Å². The van der Waals surface area contributed by atoms with Crippen molar-refractivity contribution in [3.8, 4) is 11.5 Å². The van der Waals surface area contributed by atoms with Crippen molar-refractivity contribution >= 4 is 40.3 Å². The van der Waals surface area contributed by atoms with Crippen LogP contribution in [0.5, 0.6) is 11.5 Å². The molecule has 0 aromatic heterocycles. The largest absolute Gasteiger partial charge is 0.493 e. The van der Waals surface area contributed by atoms with E-state index in [4.69, 9.17) is 21.7 Å². The Morgan fingerprint density at radius 3 is 2.56 bits per heavy atom. The number of thiocarbonyl (C=S) groups is 1. The highest BCUT2D eigenvalue weighted by molar-refractivity contribution is 8.26. The Bertz CT molecular complexity index is 1210. The summed E-state index contributed by atoms with van der Waals surface area (Å²) in [5, 5.41) is 0. The fraction of sp³-hybridized carbons (Fsp3) is 0.185. The molecule has 3 aromatic rings. The molecule has 0 N–H and O–H groups in total. The Morgan fingerprint density at radius 1 is 1.03 bits per heavy atom. The van der Waals surface area contributed by atoms with Crippen molar-refractivity contribution in [2.45, 2.75) is 19.4 Å². The van der Waals surface area contributed by atoms with Gasteiger partial charge in [-0.15, -0.1) is 0 Å². The molecule has 0 radical (unpaired) electrons. The number of thioether (sulfide) groups is 1. The zero-order valence-electron chi connectivity index (χ0n) is 18.7. The highest BCUT2D eigenvalue weighted by Crippen LogP contribution is 2.35. The summed E-state index contributed by atoms with van der Waals surface area (Å²) in [4.78, 5) is 15.2. The van der Waals surface area contributed by atoms with E-state index in [0.29, 0.717) is 32.8 Å². The molecule has 174 valence electrons. The number of hydrogen-bond acceptors (Lipinski definition) is 5. The molecule has 0 saturated carbocycles. The molecular formula is C27H24FNO3S2. The second kappa shape index (κ2) is 11.3. The Kier molecular flexibility index (Phi) is 7.98. The minimum absolute atomic E-state index is 0.0816. The number of ether oxygens (including phenoxy) is 2. The van der Waals surface area contributed by atoms with E-state index < -0.39 is 0 Å². The van der Waals surface area contributed by atoms with Crippen LogP contribution >= 0.6 is 24.0 Å². The molecule has 1 saturated heterocycles. The van der Waals surface area contributed by atoms with Crippen molar-refractivity contribution < 1.29 is 18.7 Å². The SMILES string of the molecule is COc1cc(/C=C2\SC(=S)N(CCCc3ccccc3)C2=O)ccc1OCc1ccccc1F. The maximum atomic E-state index is 13.9. The number of aryl methyl sites for hydroxylation is 1. The summed E-state index contributed by atoms with van der Waals surface area (Å²) >= 11 is 6.76. The molecule has 0 bridgehead atoms. The van der Waals surface area contributed by atoms with E-state index in [9.17, 15) is 9.18 Å². The average Bonchev–Trinajstić information content (AvgIpc) is 3.12. The van der Waals surface area contributed by atoms with Crippen LogP contribution in [0.4, 0.5) is 4.39 Å². The van der Waals surface area contributed by atoms with Gasteiger partial charge in [-0.05, 0) is 48.2 Å². The molecule has 0 spiro atoms. The molecule has 34 heavy (non-hydrogen) atoms. The number of halogens is 1. The normalized spacial score (nSPS) is 14.6. The summed E-state index contributed by atoms with van der Waals surface area (Å²) in [6.07, 6.45) is 3.54. The summed E-state index contributed by atoms with van der Waals surface area (Å²) < 4.78 is 25.7. The van der Waals surface area contributed by atoms with Crippen LogP contribution in [0.25, 0.3) is 6.08 Å². The second-order valence-corrected chi connectivity index (χ2v) is 9.39. The van der Waals surface area contributed by atoms with Gasteiger partial charge in [-0.1, -0.05) is 78.6 Å². The van der Waals surface area contributed by atoms with Crippen LogP contribution in [0.3, 0.4) is 0 Å². The number of methoxy groups -OCH3 is 1. The molecule has 1 fully saturated rings. The molecule has 0 unspecified atom stereocenters. The zero-order valence-corrected chi connectivity index (χ0v) is 20.3. The summed E-state index contributed by atoms with van der Waals surface area (Å²) in [5.74, 6) is 0.602. The summed E-state index contributed by atoms with van der Waals surface area (Å²) in [6, 6.07) is 22.1. The van der Waals surface area contributed by atoms with Crippen molar-refractivity contribution in [1.82, 2.24) is 4.90 Å². The number of hydrogen-bond donors (Lipinski definition) is 0. The van der Waals surface area contributed by atoms with Gasteiger partial charge in [0.2, 0.25) is 0 Å². The van der Waals surface area contributed by atoms with Crippen LogP contribution in [0.15, 0.2) is 77.7 Å². The van der Waals surface area contributed by atoms with Crippen LogP contribution < -0.4 is 9.47 Å². The third-order valence-electron chi connectivity index (χ3n) is 5.39. The first kappa shape index (κ1) is 24.0. The molecule has 7 heteroatoms. The van der Waals surface area contributed by atoms with Gasteiger partial charge in [-0.3, -0.25) is 9.69 Å². The van der Waals surface area contributed by atoms with Crippen molar-refractivity contribution in [1.29, 1.82) is 0 Å². The van der Waals surface area contributed by atoms with Gasteiger partial charge in [0.05, 0.1) is 12.0 Å². The van der Waals surface area contributed by atoms with E-state index in [2.05, 4.69) is 12.1 Å². The van der Waals surface area contributed by atoms with Crippen molar-refractivity contribution in [3.05, 3.63) is 100 Å². The van der Waals surface area contributed by atoms with Crippen molar-refractivity contribution in [2.24, 2.45) is 0 Å². The first-order chi connectivity index (χ1) is 16.5. The maximum absolute atomic E-state index is 13.9. The van der Waals surface area contributed by atoms with Gasteiger partial charge in [-0.2, -0.15) is 0 Å². The van der Waals surface area contributed by atoms with Crippen LogP contribution in [0.2, 0.25) is 0 Å². The first-order valence-corrected chi connectivity index (χ1v) is 12.1. The molecule has 4 rings (SSSR count). The lowest BCUT2D eigenvalue weighted by Crippen LogP contribution is -2.29. The number of nitrogens with zero attached hydrogens (tertiary/aromatic N) is 1. The molecular weight excluding hydrogens is 469 g/mol. The quantitative estimate of drug-likeness (QED) is 0.260. The monoisotopic (exact) mass is 493 g/mol. The summed E-state index contributed by atoms with van der Waals surface area (Å²) in [5.41, 5.74) is 2.50. The van der Waals surface area contributed by atoms with Crippen LogP contribution in [-0.4, -0.2) is 28.8 Å². The number of benzene rings is 3. The molecule has 4 nitrogen and oxygen atoms in total. The molecule has 1 aliphatic heterocycles.